The van der Waals surface area contributed by atoms with E-state index in [0.717, 1.165) is 4.90 Å². The van der Waals surface area contributed by atoms with E-state index in [-0.39, 0.29) is 30.2 Å². The summed E-state index contributed by atoms with van der Waals surface area (Å²) in [5, 5.41) is 9.61. The molecule has 0 bridgehead atoms. The number of carboxylic acids is 1. The first-order chi connectivity index (χ1) is 15.0. The summed E-state index contributed by atoms with van der Waals surface area (Å²) in [5.74, 6) is -2.44. The van der Waals surface area contributed by atoms with E-state index in [0.29, 0.717) is 25.0 Å². The van der Waals surface area contributed by atoms with Crippen LogP contribution < -0.4 is 0 Å². The Morgan fingerprint density at radius 2 is 1.45 bits per heavy atom. The maximum Gasteiger partial charge on any atom is 0.416 e. The number of ether oxygens (including phenoxy) is 1. The predicted molar refractivity (Wildman–Crippen MR) is 104 cm³/mol. The monoisotopic (exact) mass is 481 g/mol. The van der Waals surface area contributed by atoms with Crippen molar-refractivity contribution in [2.75, 3.05) is 6.61 Å². The van der Waals surface area contributed by atoms with Crippen molar-refractivity contribution < 1.29 is 45.8 Å². The average molecular weight is 481 g/mol. The van der Waals surface area contributed by atoms with Gasteiger partial charge in [0.2, 0.25) is 0 Å². The van der Waals surface area contributed by atoms with E-state index in [1.807, 2.05) is 20.8 Å². The molecule has 1 saturated carbocycles. The van der Waals surface area contributed by atoms with Crippen molar-refractivity contribution in [3.8, 4) is 0 Å². The molecule has 0 radical (unpaired) electrons. The van der Waals surface area contributed by atoms with Crippen molar-refractivity contribution in [3.05, 3.63) is 34.9 Å². The lowest BCUT2D eigenvalue weighted by Crippen LogP contribution is -2.55. The highest BCUT2D eigenvalue weighted by Crippen LogP contribution is 2.48. The minimum Gasteiger partial charge on any atom is -0.480 e. The van der Waals surface area contributed by atoms with Gasteiger partial charge in [-0.15, -0.1) is 0 Å². The number of rotatable bonds is 2. The molecule has 0 unspecified atom stereocenters. The molecule has 1 heterocycles. The molecule has 1 aromatic carbocycles. The van der Waals surface area contributed by atoms with E-state index in [4.69, 9.17) is 4.74 Å². The maximum atomic E-state index is 13.3. The summed E-state index contributed by atoms with van der Waals surface area (Å²) >= 11 is 0. The van der Waals surface area contributed by atoms with Crippen molar-refractivity contribution in [1.82, 2.24) is 4.90 Å². The van der Waals surface area contributed by atoms with Crippen molar-refractivity contribution in [3.63, 3.8) is 0 Å². The Labute approximate surface area is 186 Å². The summed E-state index contributed by atoms with van der Waals surface area (Å²) in [4.78, 5) is 26.0. The molecular formula is C22H25F6NO4. The van der Waals surface area contributed by atoms with Gasteiger partial charge in [0.15, 0.2) is 6.04 Å². The van der Waals surface area contributed by atoms with Crippen LogP contribution >= 0.6 is 0 Å². The number of carboxylic acid groups (broad SMARTS) is 1. The number of hydrogen-bond acceptors (Lipinski definition) is 3. The number of nitrogens with zero attached hydrogens (tertiary/aromatic N) is 1. The summed E-state index contributed by atoms with van der Waals surface area (Å²) < 4.78 is 85.4. The molecule has 2 fully saturated rings. The molecule has 2 aliphatic rings. The van der Waals surface area contributed by atoms with Crippen LogP contribution in [0.5, 0.6) is 0 Å². The molecule has 11 heteroatoms. The van der Waals surface area contributed by atoms with Crippen LogP contribution in [-0.4, -0.2) is 40.3 Å². The largest absolute Gasteiger partial charge is 0.480 e. The van der Waals surface area contributed by atoms with Gasteiger partial charge in [-0.2, -0.15) is 26.3 Å². The lowest BCUT2D eigenvalue weighted by atomic mass is 9.70. The van der Waals surface area contributed by atoms with Gasteiger partial charge < -0.3 is 9.84 Å². The van der Waals surface area contributed by atoms with Crippen LogP contribution in [0.15, 0.2) is 18.2 Å². The molecule has 1 amide bonds. The molecule has 5 nitrogen and oxygen atoms in total. The third-order valence-corrected chi connectivity index (χ3v) is 6.59. The van der Waals surface area contributed by atoms with Crippen molar-refractivity contribution in [1.29, 1.82) is 0 Å². The molecule has 184 valence electrons. The van der Waals surface area contributed by atoms with Gasteiger partial charge in [-0.3, -0.25) is 9.69 Å². The number of carbonyl (C=O) groups is 2. The van der Waals surface area contributed by atoms with E-state index in [9.17, 15) is 41.0 Å². The highest BCUT2D eigenvalue weighted by atomic mass is 19.4. The number of carbonyl (C=O) groups excluding carboxylic acids is 1. The van der Waals surface area contributed by atoms with Crippen molar-refractivity contribution in [2.24, 2.45) is 11.3 Å². The highest BCUT2D eigenvalue weighted by molar-refractivity contribution is 5.98. The van der Waals surface area contributed by atoms with Gasteiger partial charge in [-0.05, 0) is 55.2 Å². The molecule has 1 saturated heterocycles. The summed E-state index contributed by atoms with van der Waals surface area (Å²) in [6, 6.07) is -0.949. The third kappa shape index (κ3) is 4.97. The second-order valence-electron chi connectivity index (χ2n) is 9.72. The first kappa shape index (κ1) is 25.3. The Morgan fingerprint density at radius 1 is 0.970 bits per heavy atom. The van der Waals surface area contributed by atoms with E-state index < -0.39 is 59.3 Å². The maximum absolute atomic E-state index is 13.3. The molecule has 1 spiro atoms. The average Bonchev–Trinajstić information content (AvgIpc) is 3.04. The lowest BCUT2D eigenvalue weighted by Gasteiger charge is -2.46. The zero-order valence-corrected chi connectivity index (χ0v) is 18.3. The quantitative estimate of drug-likeness (QED) is 0.560. The fourth-order valence-electron chi connectivity index (χ4n) is 4.71. The standard InChI is InChI=1S/C22H25F6NO4/c1-19(2,3)13-4-6-20(7-5-13)29(16(11-33-20)18(31)32)17(30)12-8-14(21(23,24)25)10-15(9-12)22(26,27)28/h8-10,13,16H,4-7,11H2,1-3H3,(H,31,32)/t13?,16-,20?/m0/s1. The van der Waals surface area contributed by atoms with Crippen LogP contribution in [0.4, 0.5) is 26.3 Å². The SMILES string of the molecule is CC(C)(C)C1CCC2(CC1)OC[C@@H](C(=O)O)N2C(=O)c1cc(C(F)(F)F)cc(C(F)(F)F)c1. The molecule has 1 aliphatic heterocycles. The Hall–Kier alpha value is -2.30. The number of aliphatic carboxylic acids is 1. The molecule has 3 rings (SSSR count). The highest BCUT2D eigenvalue weighted by Gasteiger charge is 2.55. The van der Waals surface area contributed by atoms with Gasteiger partial charge in [0, 0.05) is 5.56 Å². The Kier molecular flexibility index (Phi) is 6.27. The zero-order chi connectivity index (χ0) is 25.0. The van der Waals surface area contributed by atoms with Gasteiger partial charge in [-0.25, -0.2) is 4.79 Å². The van der Waals surface area contributed by atoms with Gasteiger partial charge >= 0.3 is 18.3 Å². The van der Waals surface area contributed by atoms with Crippen molar-refractivity contribution >= 4 is 11.9 Å². The first-order valence-corrected chi connectivity index (χ1v) is 10.5. The third-order valence-electron chi connectivity index (χ3n) is 6.59. The summed E-state index contributed by atoms with van der Waals surface area (Å²) in [6.45, 7) is 5.71. The Balaban J connectivity index is 2.05. The van der Waals surface area contributed by atoms with E-state index in [1.165, 1.54) is 0 Å². The topological polar surface area (TPSA) is 66.8 Å². The van der Waals surface area contributed by atoms with Crippen LogP contribution in [0.3, 0.4) is 0 Å². The molecule has 1 aromatic rings. The van der Waals surface area contributed by atoms with Gasteiger partial charge in [0.1, 0.15) is 5.72 Å². The van der Waals surface area contributed by atoms with Crippen LogP contribution in [0.25, 0.3) is 0 Å². The lowest BCUT2D eigenvalue weighted by molar-refractivity contribution is -0.145. The smallest absolute Gasteiger partial charge is 0.416 e. The minimum absolute atomic E-state index is 0.0656. The van der Waals surface area contributed by atoms with Gasteiger partial charge in [0.05, 0.1) is 17.7 Å². The number of benzene rings is 1. The van der Waals surface area contributed by atoms with Crippen molar-refractivity contribution in [2.45, 2.75) is 70.6 Å². The molecular weight excluding hydrogens is 456 g/mol. The molecule has 1 atom stereocenters. The number of amides is 1. The zero-order valence-electron chi connectivity index (χ0n) is 18.3. The Morgan fingerprint density at radius 3 is 1.85 bits per heavy atom. The van der Waals surface area contributed by atoms with E-state index >= 15 is 0 Å². The van der Waals surface area contributed by atoms with E-state index in [1.54, 1.807) is 0 Å². The molecule has 33 heavy (non-hydrogen) atoms. The fourth-order valence-corrected chi connectivity index (χ4v) is 4.71. The van der Waals surface area contributed by atoms with Crippen LogP contribution in [0.1, 0.15) is 67.9 Å². The predicted octanol–water partition coefficient (Wildman–Crippen LogP) is 5.58. The van der Waals surface area contributed by atoms with Crippen LogP contribution in [0, 0.1) is 11.3 Å². The van der Waals surface area contributed by atoms with Gasteiger partial charge in [-0.1, -0.05) is 20.8 Å². The second kappa shape index (κ2) is 8.18. The first-order valence-electron chi connectivity index (χ1n) is 10.5. The molecule has 0 aromatic heterocycles. The van der Waals surface area contributed by atoms with E-state index in [2.05, 4.69) is 0 Å². The Bertz CT molecular complexity index is 894. The number of halogens is 6. The van der Waals surface area contributed by atoms with Crippen LogP contribution in [-0.2, 0) is 21.9 Å². The number of hydrogen-bond donors (Lipinski definition) is 1. The second-order valence-corrected chi connectivity index (χ2v) is 9.72. The summed E-state index contributed by atoms with van der Waals surface area (Å²) in [7, 11) is 0. The molecule has 1 N–H and O–H groups in total. The fraction of sp³-hybridized carbons (Fsp3) is 0.636. The minimum atomic E-state index is -5.13. The van der Waals surface area contributed by atoms with Crippen LogP contribution in [0.2, 0.25) is 0 Å². The van der Waals surface area contributed by atoms with Gasteiger partial charge in [0.25, 0.3) is 5.91 Å². The summed E-state index contributed by atoms with van der Waals surface area (Å²) in [6.07, 6.45) is -8.67. The summed E-state index contributed by atoms with van der Waals surface area (Å²) in [5.41, 5.74) is -5.62. The normalized spacial score (nSPS) is 26.6. The number of alkyl halides is 6. The molecule has 1 aliphatic carbocycles.